The third-order valence-corrected chi connectivity index (χ3v) is 5.50. The molecule has 0 aromatic carbocycles. The molecule has 0 aromatic heterocycles. The summed E-state index contributed by atoms with van der Waals surface area (Å²) in [5.41, 5.74) is 6.91. The lowest BCUT2D eigenvalue weighted by Gasteiger charge is -2.48. The molecule has 0 amide bonds. The van der Waals surface area contributed by atoms with Gasteiger partial charge in [0.25, 0.3) is 0 Å². The molecule has 2 N–H and O–H groups in total. The molecule has 3 heteroatoms. The maximum atomic E-state index is 6.41. The predicted molar refractivity (Wildman–Crippen MR) is 75.6 cm³/mol. The minimum Gasteiger partial charge on any atom is -0.326 e. The smallest absolute Gasteiger partial charge is 0.0253 e. The van der Waals surface area contributed by atoms with Crippen molar-refractivity contribution >= 4 is 0 Å². The Labute approximate surface area is 112 Å². The van der Waals surface area contributed by atoms with Crippen LogP contribution in [0.5, 0.6) is 0 Å². The number of nitrogens with zero attached hydrogens (tertiary/aromatic N) is 2. The number of piperazine rings is 1. The summed E-state index contributed by atoms with van der Waals surface area (Å²) in [4.78, 5) is 5.41. The van der Waals surface area contributed by atoms with Crippen molar-refractivity contribution in [2.24, 2.45) is 11.1 Å². The first-order valence-corrected chi connectivity index (χ1v) is 7.79. The van der Waals surface area contributed by atoms with E-state index in [-0.39, 0.29) is 0 Å². The molecule has 18 heavy (non-hydrogen) atoms. The lowest BCUT2D eigenvalue weighted by atomic mass is 9.72. The first kappa shape index (κ1) is 12.9. The van der Waals surface area contributed by atoms with Crippen molar-refractivity contribution in [2.45, 2.75) is 64.1 Å². The van der Waals surface area contributed by atoms with Crippen LogP contribution in [0, 0.1) is 5.41 Å². The van der Waals surface area contributed by atoms with Gasteiger partial charge in [0.2, 0.25) is 0 Å². The molecule has 0 spiro atoms. The average Bonchev–Trinajstić information content (AvgIpc) is 2.79. The van der Waals surface area contributed by atoms with Crippen LogP contribution in [0.4, 0.5) is 0 Å². The monoisotopic (exact) mass is 251 g/mol. The van der Waals surface area contributed by atoms with Gasteiger partial charge in [0.1, 0.15) is 0 Å². The molecule has 1 aliphatic carbocycles. The Bertz CT molecular complexity index is 302. The highest BCUT2D eigenvalue weighted by molar-refractivity contribution is 4.97. The molecule has 0 bridgehead atoms. The molecule has 1 saturated carbocycles. The highest BCUT2D eigenvalue weighted by Gasteiger charge is 2.40. The molecule has 2 saturated heterocycles. The Morgan fingerprint density at radius 2 is 1.83 bits per heavy atom. The van der Waals surface area contributed by atoms with Crippen molar-refractivity contribution in [3.8, 4) is 0 Å². The van der Waals surface area contributed by atoms with Gasteiger partial charge in [-0.25, -0.2) is 0 Å². The summed E-state index contributed by atoms with van der Waals surface area (Å²) < 4.78 is 0. The van der Waals surface area contributed by atoms with E-state index in [2.05, 4.69) is 23.6 Å². The first-order valence-electron chi connectivity index (χ1n) is 7.79. The quantitative estimate of drug-likeness (QED) is 0.769. The van der Waals surface area contributed by atoms with Gasteiger partial charge < -0.3 is 5.73 Å². The molecule has 3 aliphatic rings. The van der Waals surface area contributed by atoms with Crippen molar-refractivity contribution in [3.05, 3.63) is 0 Å². The van der Waals surface area contributed by atoms with E-state index < -0.39 is 0 Å². The molecule has 3 atom stereocenters. The Hall–Kier alpha value is -0.120. The SMILES string of the molecule is CC1(C)CCC(N)C(N2CCN3CCCC3C2)C1. The standard InChI is InChI=1S/C15H29N3/c1-15(2)6-5-13(16)14(10-15)18-9-8-17-7-3-4-12(17)11-18/h12-14H,3-11,16H2,1-2H3. The van der Waals surface area contributed by atoms with Gasteiger partial charge in [-0.2, -0.15) is 0 Å². The van der Waals surface area contributed by atoms with Crippen molar-refractivity contribution < 1.29 is 0 Å². The summed E-state index contributed by atoms with van der Waals surface area (Å²) in [6.45, 7) is 9.95. The van der Waals surface area contributed by atoms with Crippen LogP contribution in [0.1, 0.15) is 46.0 Å². The van der Waals surface area contributed by atoms with Crippen molar-refractivity contribution in [2.75, 3.05) is 26.2 Å². The van der Waals surface area contributed by atoms with Gasteiger partial charge in [0.15, 0.2) is 0 Å². The fraction of sp³-hybridized carbons (Fsp3) is 1.00. The molecule has 3 nitrogen and oxygen atoms in total. The minimum absolute atomic E-state index is 0.408. The van der Waals surface area contributed by atoms with E-state index in [9.17, 15) is 0 Å². The van der Waals surface area contributed by atoms with Gasteiger partial charge in [0.05, 0.1) is 0 Å². The number of fused-ring (bicyclic) bond motifs is 1. The van der Waals surface area contributed by atoms with Crippen LogP contribution in [-0.2, 0) is 0 Å². The van der Waals surface area contributed by atoms with Gasteiger partial charge in [-0.3, -0.25) is 9.80 Å². The van der Waals surface area contributed by atoms with Gasteiger partial charge >= 0.3 is 0 Å². The first-order chi connectivity index (χ1) is 8.55. The second-order valence-electron chi connectivity index (χ2n) is 7.47. The molecule has 2 heterocycles. The largest absolute Gasteiger partial charge is 0.326 e. The topological polar surface area (TPSA) is 32.5 Å². The molecule has 3 unspecified atom stereocenters. The Balaban J connectivity index is 1.66. The van der Waals surface area contributed by atoms with Crippen LogP contribution < -0.4 is 5.73 Å². The van der Waals surface area contributed by atoms with Crippen LogP contribution in [0.2, 0.25) is 0 Å². The lowest BCUT2D eigenvalue weighted by Crippen LogP contribution is -2.60. The molecule has 3 fully saturated rings. The lowest BCUT2D eigenvalue weighted by molar-refractivity contribution is 0.0229. The molecule has 3 rings (SSSR count). The average molecular weight is 251 g/mol. The third-order valence-electron chi connectivity index (χ3n) is 5.50. The van der Waals surface area contributed by atoms with Crippen LogP contribution in [-0.4, -0.2) is 54.1 Å². The summed E-state index contributed by atoms with van der Waals surface area (Å²) in [5.74, 6) is 0. The van der Waals surface area contributed by atoms with E-state index in [0.717, 1.165) is 6.04 Å². The zero-order valence-corrected chi connectivity index (χ0v) is 12.1. The zero-order valence-electron chi connectivity index (χ0n) is 12.1. The molecular weight excluding hydrogens is 222 g/mol. The number of hydrogen-bond acceptors (Lipinski definition) is 3. The van der Waals surface area contributed by atoms with Crippen molar-refractivity contribution in [1.29, 1.82) is 0 Å². The molecule has 2 aliphatic heterocycles. The van der Waals surface area contributed by atoms with E-state index in [1.54, 1.807) is 0 Å². The van der Waals surface area contributed by atoms with Gasteiger partial charge in [-0.1, -0.05) is 13.8 Å². The predicted octanol–water partition coefficient (Wildman–Crippen LogP) is 1.67. The number of rotatable bonds is 1. The second-order valence-corrected chi connectivity index (χ2v) is 7.47. The molecule has 104 valence electrons. The highest BCUT2D eigenvalue weighted by Crippen LogP contribution is 2.37. The van der Waals surface area contributed by atoms with E-state index in [0.29, 0.717) is 17.5 Å². The summed E-state index contributed by atoms with van der Waals surface area (Å²) in [5, 5.41) is 0. The third kappa shape index (κ3) is 2.45. The van der Waals surface area contributed by atoms with Gasteiger partial charge in [-0.15, -0.1) is 0 Å². The van der Waals surface area contributed by atoms with Gasteiger partial charge in [0, 0.05) is 37.8 Å². The minimum atomic E-state index is 0.408. The fourth-order valence-electron chi connectivity index (χ4n) is 4.29. The van der Waals surface area contributed by atoms with Crippen LogP contribution >= 0.6 is 0 Å². The van der Waals surface area contributed by atoms with Crippen LogP contribution in [0.3, 0.4) is 0 Å². The maximum Gasteiger partial charge on any atom is 0.0253 e. The maximum absolute atomic E-state index is 6.41. The molecule has 0 radical (unpaired) electrons. The van der Waals surface area contributed by atoms with Crippen molar-refractivity contribution in [1.82, 2.24) is 9.80 Å². The summed E-state index contributed by atoms with van der Waals surface area (Å²) >= 11 is 0. The van der Waals surface area contributed by atoms with E-state index in [1.807, 2.05) is 0 Å². The summed E-state index contributed by atoms with van der Waals surface area (Å²) in [7, 11) is 0. The fourth-order valence-corrected chi connectivity index (χ4v) is 4.29. The molecular formula is C15H29N3. The summed E-state index contributed by atoms with van der Waals surface area (Å²) in [6.07, 6.45) is 6.61. The second kappa shape index (κ2) is 4.77. The molecule has 0 aromatic rings. The highest BCUT2D eigenvalue weighted by atomic mass is 15.3. The zero-order chi connectivity index (χ0) is 12.8. The van der Waals surface area contributed by atoms with E-state index >= 15 is 0 Å². The summed E-state index contributed by atoms with van der Waals surface area (Å²) in [6, 6.07) is 1.87. The Kier molecular flexibility index (Phi) is 3.41. The number of hydrogen-bond donors (Lipinski definition) is 1. The van der Waals surface area contributed by atoms with Gasteiger partial charge in [-0.05, 0) is 44.1 Å². The van der Waals surface area contributed by atoms with E-state index in [1.165, 1.54) is 58.3 Å². The Morgan fingerprint density at radius 3 is 2.67 bits per heavy atom. The van der Waals surface area contributed by atoms with E-state index in [4.69, 9.17) is 5.73 Å². The van der Waals surface area contributed by atoms with Crippen molar-refractivity contribution in [3.63, 3.8) is 0 Å². The number of nitrogens with two attached hydrogens (primary N) is 1. The Morgan fingerprint density at radius 1 is 1.06 bits per heavy atom. The van der Waals surface area contributed by atoms with Crippen LogP contribution in [0.25, 0.3) is 0 Å². The normalized spacial score (nSPS) is 41.8. The van der Waals surface area contributed by atoms with Crippen LogP contribution in [0.15, 0.2) is 0 Å².